The van der Waals surface area contributed by atoms with Crippen LogP contribution in [0, 0.1) is 98.6 Å². The molecule has 11 saturated carbocycles. The minimum absolute atomic E-state index is 0.0184. The quantitative estimate of drug-likeness (QED) is 0.0490. The summed E-state index contributed by atoms with van der Waals surface area (Å²) in [6, 6.07) is 0. The SMILES string of the molecule is CCC(C)(C)C(=O)OC1(CC)CC2CC1C1C3CCC(C3)C21.CCC(C)(C)C(=O)OC12CC3CC(CC(O)(C3)C1)C2.CCC(C)(C)C(=O)OC1CC(C(O)(C(F)(F)F)C(F)(F)F)CC(C(O)(C(F)(F)F)C(F)(F)F)C1.CCC(C)(CO)C(=O)OC1C2CC3C(=O)OC1C3C2. The lowest BCUT2D eigenvalue weighted by Crippen LogP contribution is -2.67. The molecule has 94 heavy (non-hydrogen) atoms. The Morgan fingerprint density at radius 3 is 1.46 bits per heavy atom. The third kappa shape index (κ3) is 13.6. The minimum Gasteiger partial charge on any atom is -0.462 e. The molecule has 12 rings (SSSR count). The van der Waals surface area contributed by atoms with Crippen molar-refractivity contribution in [3.63, 3.8) is 0 Å². The van der Waals surface area contributed by atoms with Gasteiger partial charge >= 0.3 is 54.6 Å². The third-order valence-electron chi connectivity index (χ3n) is 25.5. The summed E-state index contributed by atoms with van der Waals surface area (Å²) in [7, 11) is 0. The number of hydrogen-bond donors (Lipinski definition) is 4. The number of aliphatic hydroxyl groups excluding tert-OH is 1. The third-order valence-corrected chi connectivity index (χ3v) is 25.5. The second kappa shape index (κ2) is 25.8. The van der Waals surface area contributed by atoms with Crippen molar-refractivity contribution in [2.75, 3.05) is 6.61 Å². The predicted molar refractivity (Wildman–Crippen MR) is 314 cm³/mol. The molecular weight excluding hydrogens is 1270 g/mol. The molecule has 0 radical (unpaired) electrons. The summed E-state index contributed by atoms with van der Waals surface area (Å²) in [5, 5.41) is 39.2. The highest BCUT2D eigenvalue weighted by molar-refractivity contribution is 5.79. The number of aliphatic hydroxyl groups is 4. The van der Waals surface area contributed by atoms with Gasteiger partial charge < -0.3 is 44.1 Å². The molecule has 4 N–H and O–H groups in total. The first-order chi connectivity index (χ1) is 42.9. The van der Waals surface area contributed by atoms with Crippen molar-refractivity contribution >= 4 is 29.8 Å². The van der Waals surface area contributed by atoms with Crippen molar-refractivity contribution in [2.45, 2.75) is 289 Å². The minimum atomic E-state index is -6.58. The Hall–Kier alpha value is -3.65. The van der Waals surface area contributed by atoms with E-state index in [4.69, 9.17) is 23.7 Å². The van der Waals surface area contributed by atoms with Gasteiger partial charge in [-0.1, -0.05) is 34.6 Å². The van der Waals surface area contributed by atoms with Crippen LogP contribution in [0.25, 0.3) is 0 Å². The van der Waals surface area contributed by atoms with E-state index in [9.17, 15) is 97.1 Å². The van der Waals surface area contributed by atoms with Gasteiger partial charge in [0.1, 0.15) is 29.5 Å². The van der Waals surface area contributed by atoms with Gasteiger partial charge in [0, 0.05) is 36.0 Å². The Morgan fingerprint density at radius 1 is 0.532 bits per heavy atom. The lowest BCUT2D eigenvalue weighted by Gasteiger charge is -2.59. The average molecular weight is 1370 g/mol. The number of hydrogen-bond acceptors (Lipinski definition) is 14. The fraction of sp³-hybridized carbons (Fsp3) is 0.926. The second-order valence-electron chi connectivity index (χ2n) is 32.6. The van der Waals surface area contributed by atoms with Crippen molar-refractivity contribution in [3.05, 3.63) is 0 Å². The van der Waals surface area contributed by atoms with E-state index in [1.807, 2.05) is 41.5 Å². The molecule has 0 aromatic rings. The predicted octanol–water partition coefficient (Wildman–Crippen LogP) is 14.2. The highest BCUT2D eigenvalue weighted by Crippen LogP contribution is 2.71. The van der Waals surface area contributed by atoms with E-state index >= 15 is 0 Å². The zero-order valence-corrected chi connectivity index (χ0v) is 56.2. The largest absolute Gasteiger partial charge is 0.462 e. The highest BCUT2D eigenvalue weighted by atomic mass is 19.4. The molecule has 14 nitrogen and oxygen atoms in total. The Labute approximate surface area is 543 Å². The van der Waals surface area contributed by atoms with Gasteiger partial charge in [0.05, 0.1) is 39.8 Å². The first-order valence-electron chi connectivity index (χ1n) is 34.1. The van der Waals surface area contributed by atoms with Crippen molar-refractivity contribution in [3.8, 4) is 0 Å². The normalized spacial score (nSPS) is 37.6. The van der Waals surface area contributed by atoms with Crippen molar-refractivity contribution in [2.24, 2.45) is 98.6 Å². The Balaban J connectivity index is 0.000000165. The Kier molecular flexibility index (Phi) is 20.9. The van der Waals surface area contributed by atoms with Crippen LogP contribution in [0.5, 0.6) is 0 Å². The van der Waals surface area contributed by atoms with E-state index in [1.54, 1.807) is 6.92 Å². The molecule has 1 aliphatic heterocycles. The summed E-state index contributed by atoms with van der Waals surface area (Å²) in [6.07, 6.45) is -17.1. The van der Waals surface area contributed by atoms with Crippen LogP contribution in [-0.2, 0) is 47.7 Å². The lowest BCUT2D eigenvalue weighted by molar-refractivity contribution is -0.405. The number of rotatable bonds is 16. The monoisotopic (exact) mass is 1370 g/mol. The molecule has 0 spiro atoms. The van der Waals surface area contributed by atoms with Crippen LogP contribution in [0.2, 0.25) is 0 Å². The molecule has 11 aliphatic carbocycles. The van der Waals surface area contributed by atoms with Crippen LogP contribution < -0.4 is 0 Å². The van der Waals surface area contributed by atoms with Crippen LogP contribution in [0.1, 0.15) is 218 Å². The van der Waals surface area contributed by atoms with Crippen molar-refractivity contribution < 1.29 is 121 Å². The molecule has 26 heteroatoms. The maximum atomic E-state index is 13.3. The molecule has 17 atom stereocenters. The van der Waals surface area contributed by atoms with Gasteiger partial charge in [0.2, 0.25) is 0 Å². The van der Waals surface area contributed by atoms with E-state index in [2.05, 4.69) is 13.8 Å². The van der Waals surface area contributed by atoms with Crippen LogP contribution in [-0.4, -0.2) is 128 Å². The molecule has 10 bridgehead atoms. The number of carbonyl (C=O) groups excluding carboxylic acids is 5. The molecular formula is C68H100F12O14. The maximum Gasteiger partial charge on any atom is 0.426 e. The molecule has 540 valence electrons. The van der Waals surface area contributed by atoms with Gasteiger partial charge in [-0.3, -0.25) is 24.0 Å². The zero-order valence-electron chi connectivity index (χ0n) is 56.2. The topological polar surface area (TPSA) is 212 Å². The fourth-order valence-electron chi connectivity index (χ4n) is 18.9. The van der Waals surface area contributed by atoms with Crippen molar-refractivity contribution in [1.29, 1.82) is 0 Å². The summed E-state index contributed by atoms with van der Waals surface area (Å²) in [5.41, 5.74) is -15.6. The zero-order chi connectivity index (χ0) is 70.7. The summed E-state index contributed by atoms with van der Waals surface area (Å²) >= 11 is 0. The number of carbonyl (C=O) groups is 5. The fourth-order valence-corrected chi connectivity index (χ4v) is 18.9. The molecule has 1 heterocycles. The highest BCUT2D eigenvalue weighted by Gasteiger charge is 2.79. The van der Waals surface area contributed by atoms with Gasteiger partial charge in [-0.05, 0) is 218 Å². The molecule has 1 saturated heterocycles. The first kappa shape index (κ1) is 76.1. The van der Waals surface area contributed by atoms with E-state index in [0.717, 1.165) is 93.8 Å². The standard InChI is InChI=1S/C20H32O2.C18H22F12O4.C16H26O3.C14H20O5/c1-5-19(3,4)18(21)22-20(6-2)11-14-10-15(20)17-13-8-7-12(9-13)16(14)17;1-4-12(2,3)11(31)34-10-6-8(13(32,15(19,20)21)16(22,23)24)5-9(7-10)14(33,17(25,26)27)18(28,29)30;1-4-14(2,3)13(17)19-16-8-11-5-12(9-16)7-15(18,6-11)10-16;1-3-14(2,6-15)13(17)19-10-7-4-8-9(5-7)12(16)18-11(8)10/h12-17H,5-11H2,1-4H3;8-10,32-33H,4-7H2,1-3H3;11-12,18H,4-10H2,1-3H3;7-11,15H,3-6H2,1-2H3. The summed E-state index contributed by atoms with van der Waals surface area (Å²) in [6.45, 7) is 21.5. The van der Waals surface area contributed by atoms with E-state index in [1.165, 1.54) is 52.9 Å². The van der Waals surface area contributed by atoms with E-state index < -0.39 is 101 Å². The Bertz CT molecular complexity index is 2680. The number of esters is 5. The molecule has 17 unspecified atom stereocenters. The second-order valence-corrected chi connectivity index (χ2v) is 32.6. The van der Waals surface area contributed by atoms with Crippen LogP contribution in [0.15, 0.2) is 0 Å². The molecule has 12 fully saturated rings. The van der Waals surface area contributed by atoms with Gasteiger partial charge in [-0.2, -0.15) is 52.7 Å². The van der Waals surface area contributed by atoms with Crippen LogP contribution in [0.4, 0.5) is 52.7 Å². The summed E-state index contributed by atoms with van der Waals surface area (Å²) in [5.74, 6) is -1.62. The number of halogens is 12. The van der Waals surface area contributed by atoms with Gasteiger partial charge in [0.25, 0.3) is 11.2 Å². The summed E-state index contributed by atoms with van der Waals surface area (Å²) in [4.78, 5) is 61.2. The molecule has 12 aliphatic rings. The van der Waals surface area contributed by atoms with Crippen LogP contribution in [0.3, 0.4) is 0 Å². The maximum absolute atomic E-state index is 13.3. The number of alkyl halides is 12. The van der Waals surface area contributed by atoms with E-state index in [0.29, 0.717) is 30.6 Å². The van der Waals surface area contributed by atoms with Gasteiger partial charge in [0.15, 0.2) is 0 Å². The smallest absolute Gasteiger partial charge is 0.426 e. The van der Waals surface area contributed by atoms with Crippen molar-refractivity contribution in [1.82, 2.24) is 0 Å². The van der Waals surface area contributed by atoms with Crippen LogP contribution >= 0.6 is 0 Å². The lowest BCUT2D eigenvalue weighted by atomic mass is 9.52. The van der Waals surface area contributed by atoms with Gasteiger partial charge in [-0.15, -0.1) is 0 Å². The molecule has 0 aromatic carbocycles. The Morgan fingerprint density at radius 2 is 1.01 bits per heavy atom. The average Bonchev–Trinajstić information content (AvgIpc) is 1.43. The van der Waals surface area contributed by atoms with Gasteiger partial charge in [-0.25, -0.2) is 0 Å². The molecule has 0 amide bonds. The summed E-state index contributed by atoms with van der Waals surface area (Å²) < 4.78 is 188. The number of ether oxygens (including phenoxy) is 5. The molecule has 0 aromatic heterocycles. The number of fused-ring (bicyclic) bond motifs is 10. The van der Waals surface area contributed by atoms with E-state index in [-0.39, 0.29) is 83.5 Å². The first-order valence-corrected chi connectivity index (χ1v) is 34.1.